The van der Waals surface area contributed by atoms with Crippen molar-refractivity contribution in [3.63, 3.8) is 0 Å². The van der Waals surface area contributed by atoms with Crippen LogP contribution in [-0.4, -0.2) is 44.4 Å². The van der Waals surface area contributed by atoms with Gasteiger partial charge >= 0.3 is 18.1 Å². The molecule has 0 aliphatic carbocycles. The van der Waals surface area contributed by atoms with Gasteiger partial charge in [-0.25, -0.2) is 19.4 Å². The maximum Gasteiger partial charge on any atom is 0.411 e. The average Bonchev–Trinajstić information content (AvgIpc) is 3.02. The number of ether oxygens (including phenoxy) is 4. The van der Waals surface area contributed by atoms with E-state index >= 15 is 0 Å². The summed E-state index contributed by atoms with van der Waals surface area (Å²) in [4.78, 5) is 41.2. The standard InChI is InChI=1S/C31H32N4O7.C2H6/c1-31(2,3)18-15-23(27(39-4)24(16-18)35-30(38)41-6)34-29(37)33-22-11-12-26(21-10-8-7-9-20(21)22)42-19-13-14-32-25(17-19)28(36)40-5;1-2/h7-17H,1-6H3,(H,35,38)(H2,33,34,37);1-2H3. The Morgan fingerprint density at radius 1 is 0.750 bits per heavy atom. The number of methoxy groups -OCH3 is 3. The number of anilines is 3. The van der Waals surface area contributed by atoms with E-state index in [1.807, 2.05) is 58.9 Å². The maximum absolute atomic E-state index is 13.3. The average molecular weight is 603 g/mol. The van der Waals surface area contributed by atoms with Gasteiger partial charge in [0.05, 0.1) is 38.4 Å². The molecule has 0 unspecified atom stereocenters. The molecule has 11 heteroatoms. The number of hydrogen-bond acceptors (Lipinski definition) is 8. The van der Waals surface area contributed by atoms with Crippen LogP contribution in [0.3, 0.4) is 0 Å². The van der Waals surface area contributed by atoms with Crippen LogP contribution in [0.15, 0.2) is 66.9 Å². The zero-order chi connectivity index (χ0) is 32.4. The topological polar surface area (TPSA) is 137 Å². The molecule has 0 bridgehead atoms. The number of nitrogens with one attached hydrogen (secondary N) is 3. The first kappa shape index (κ1) is 33.2. The largest absolute Gasteiger partial charge is 0.492 e. The fourth-order valence-electron chi connectivity index (χ4n) is 4.19. The fourth-order valence-corrected chi connectivity index (χ4v) is 4.19. The zero-order valence-electron chi connectivity index (χ0n) is 26.2. The molecule has 4 aromatic rings. The molecule has 0 aliphatic heterocycles. The number of fused-ring (bicyclic) bond motifs is 1. The molecule has 4 rings (SSSR count). The molecule has 44 heavy (non-hydrogen) atoms. The second kappa shape index (κ2) is 14.7. The smallest absolute Gasteiger partial charge is 0.411 e. The highest BCUT2D eigenvalue weighted by atomic mass is 16.5. The molecule has 0 spiro atoms. The number of urea groups is 1. The van der Waals surface area contributed by atoms with Crippen molar-refractivity contribution in [2.24, 2.45) is 0 Å². The van der Waals surface area contributed by atoms with E-state index in [1.54, 1.807) is 30.3 Å². The predicted octanol–water partition coefficient (Wildman–Crippen LogP) is 7.97. The van der Waals surface area contributed by atoms with Gasteiger partial charge in [0.25, 0.3) is 0 Å². The normalized spacial score (nSPS) is 10.5. The lowest BCUT2D eigenvalue weighted by molar-refractivity contribution is 0.0593. The van der Waals surface area contributed by atoms with Crippen LogP contribution < -0.4 is 25.4 Å². The van der Waals surface area contributed by atoms with E-state index < -0.39 is 18.1 Å². The lowest BCUT2D eigenvalue weighted by Gasteiger charge is -2.24. The zero-order valence-corrected chi connectivity index (χ0v) is 26.2. The van der Waals surface area contributed by atoms with Crippen LogP contribution >= 0.6 is 0 Å². The third-order valence-electron chi connectivity index (χ3n) is 6.32. The number of carbonyl (C=O) groups is 3. The molecule has 232 valence electrons. The second-order valence-electron chi connectivity index (χ2n) is 10.2. The number of carbonyl (C=O) groups excluding carboxylic acids is 3. The summed E-state index contributed by atoms with van der Waals surface area (Å²) in [5, 5.41) is 9.83. The summed E-state index contributed by atoms with van der Waals surface area (Å²) in [7, 11) is 3.99. The predicted molar refractivity (Wildman–Crippen MR) is 171 cm³/mol. The summed E-state index contributed by atoms with van der Waals surface area (Å²) in [6.07, 6.45) is 0.788. The quantitative estimate of drug-likeness (QED) is 0.181. The first-order valence-corrected chi connectivity index (χ1v) is 13.9. The Bertz CT molecular complexity index is 1650. The minimum absolute atomic E-state index is 0.116. The van der Waals surface area contributed by atoms with E-state index in [0.717, 1.165) is 16.3 Å². The van der Waals surface area contributed by atoms with Gasteiger partial charge in [0.15, 0.2) is 11.4 Å². The van der Waals surface area contributed by atoms with Crippen molar-refractivity contribution >= 4 is 45.9 Å². The van der Waals surface area contributed by atoms with Crippen molar-refractivity contribution in [2.75, 3.05) is 37.3 Å². The number of benzene rings is 3. The molecular weight excluding hydrogens is 564 g/mol. The summed E-state index contributed by atoms with van der Waals surface area (Å²) < 4.78 is 21.1. The molecule has 3 aromatic carbocycles. The van der Waals surface area contributed by atoms with Gasteiger partial charge in [0.1, 0.15) is 11.5 Å². The second-order valence-corrected chi connectivity index (χ2v) is 10.2. The van der Waals surface area contributed by atoms with Crippen molar-refractivity contribution in [3.05, 3.63) is 78.1 Å². The first-order valence-electron chi connectivity index (χ1n) is 13.9. The fraction of sp³-hybridized carbons (Fsp3) is 0.273. The summed E-state index contributed by atoms with van der Waals surface area (Å²) >= 11 is 0. The van der Waals surface area contributed by atoms with E-state index in [0.29, 0.717) is 28.6 Å². The van der Waals surface area contributed by atoms with Gasteiger partial charge in [-0.2, -0.15) is 0 Å². The number of aromatic nitrogens is 1. The summed E-state index contributed by atoms with van der Waals surface area (Å²) in [6, 6.07) is 17.0. The lowest BCUT2D eigenvalue weighted by atomic mass is 9.86. The SMILES string of the molecule is CC.COC(=O)Nc1cc(C(C)(C)C)cc(NC(=O)Nc2ccc(Oc3ccnc(C(=O)OC)c3)c3ccccc23)c1OC. The molecule has 0 aliphatic rings. The monoisotopic (exact) mass is 602 g/mol. The number of hydrogen-bond donors (Lipinski definition) is 3. The van der Waals surface area contributed by atoms with Crippen LogP contribution in [0.4, 0.5) is 26.7 Å². The Balaban J connectivity index is 0.00000259. The van der Waals surface area contributed by atoms with Gasteiger partial charge in [0.2, 0.25) is 0 Å². The van der Waals surface area contributed by atoms with Crippen LogP contribution in [0.1, 0.15) is 50.7 Å². The molecule has 3 N–H and O–H groups in total. The number of nitrogens with zero attached hydrogens (tertiary/aromatic N) is 1. The molecular formula is C33H38N4O7. The van der Waals surface area contributed by atoms with Crippen LogP contribution in [0, 0.1) is 0 Å². The van der Waals surface area contributed by atoms with Gasteiger partial charge < -0.3 is 29.6 Å². The molecule has 0 radical (unpaired) electrons. The van der Waals surface area contributed by atoms with Gasteiger partial charge in [0, 0.05) is 23.0 Å². The Morgan fingerprint density at radius 3 is 2.00 bits per heavy atom. The van der Waals surface area contributed by atoms with Gasteiger partial charge in [-0.15, -0.1) is 0 Å². The highest BCUT2D eigenvalue weighted by Gasteiger charge is 2.22. The van der Waals surface area contributed by atoms with Crippen LogP contribution in [0.25, 0.3) is 10.8 Å². The van der Waals surface area contributed by atoms with Gasteiger partial charge in [-0.1, -0.05) is 58.9 Å². The Hall–Kier alpha value is -5.32. The van der Waals surface area contributed by atoms with Crippen molar-refractivity contribution < 1.29 is 33.3 Å². The number of rotatable bonds is 7. The van der Waals surface area contributed by atoms with Crippen molar-refractivity contribution in [1.29, 1.82) is 0 Å². The molecule has 1 aromatic heterocycles. The van der Waals surface area contributed by atoms with E-state index in [-0.39, 0.29) is 16.9 Å². The summed E-state index contributed by atoms with van der Waals surface area (Å²) in [5.74, 6) is 0.599. The van der Waals surface area contributed by atoms with E-state index in [2.05, 4.69) is 20.9 Å². The van der Waals surface area contributed by atoms with E-state index in [1.165, 1.54) is 33.6 Å². The van der Waals surface area contributed by atoms with E-state index in [9.17, 15) is 14.4 Å². The molecule has 11 nitrogen and oxygen atoms in total. The minimum Gasteiger partial charge on any atom is -0.492 e. The van der Waals surface area contributed by atoms with Gasteiger partial charge in [-0.05, 0) is 41.3 Å². The van der Waals surface area contributed by atoms with Crippen LogP contribution in [0.5, 0.6) is 17.2 Å². The molecule has 0 atom stereocenters. The number of amides is 3. The lowest BCUT2D eigenvalue weighted by Crippen LogP contribution is -2.22. The summed E-state index contributed by atoms with van der Waals surface area (Å²) in [5.41, 5.74) is 1.90. The molecule has 0 saturated heterocycles. The molecule has 0 fully saturated rings. The highest BCUT2D eigenvalue weighted by Crippen LogP contribution is 2.39. The van der Waals surface area contributed by atoms with E-state index in [4.69, 9.17) is 18.9 Å². The molecule has 3 amide bonds. The third kappa shape index (κ3) is 7.94. The van der Waals surface area contributed by atoms with Crippen LogP contribution in [0.2, 0.25) is 0 Å². The van der Waals surface area contributed by atoms with Crippen molar-refractivity contribution in [2.45, 2.75) is 40.0 Å². The van der Waals surface area contributed by atoms with Crippen molar-refractivity contribution in [1.82, 2.24) is 4.98 Å². The van der Waals surface area contributed by atoms with Crippen LogP contribution in [-0.2, 0) is 14.9 Å². The Kier molecular flexibility index (Phi) is 11.1. The van der Waals surface area contributed by atoms with Gasteiger partial charge in [-0.3, -0.25) is 5.32 Å². The maximum atomic E-state index is 13.3. The Labute approximate surface area is 256 Å². The number of esters is 1. The number of pyridine rings is 1. The Morgan fingerprint density at radius 2 is 1.39 bits per heavy atom. The molecule has 1 heterocycles. The first-order chi connectivity index (χ1) is 21.0. The highest BCUT2D eigenvalue weighted by molar-refractivity contribution is 6.08. The van der Waals surface area contributed by atoms with Crippen molar-refractivity contribution in [3.8, 4) is 17.2 Å². The third-order valence-corrected chi connectivity index (χ3v) is 6.32. The summed E-state index contributed by atoms with van der Waals surface area (Å²) in [6.45, 7) is 10.0. The minimum atomic E-state index is -0.670. The molecule has 0 saturated carbocycles.